The quantitative estimate of drug-likeness (QED) is 0.657. The molecule has 1 aliphatic rings. The van der Waals surface area contributed by atoms with Gasteiger partial charge >= 0.3 is 5.97 Å². The molecule has 0 spiro atoms. The molecular weight excluding hydrogens is 156 g/mol. The molecule has 12 heavy (non-hydrogen) atoms. The largest absolute Gasteiger partial charge is 0.499 e. The van der Waals surface area contributed by atoms with Crippen LogP contribution < -0.4 is 0 Å². The van der Waals surface area contributed by atoms with E-state index in [9.17, 15) is 4.79 Å². The molecule has 0 aromatic rings. The monoisotopic (exact) mass is 170 g/mol. The molecule has 2 atom stereocenters. The number of hydrogen-bond acceptors (Lipinski definition) is 2. The first-order valence-corrected chi connectivity index (χ1v) is 4.23. The fourth-order valence-electron chi connectivity index (χ4n) is 1.63. The molecule has 0 bridgehead atoms. The lowest BCUT2D eigenvalue weighted by Gasteiger charge is -2.25. The number of rotatable bonds is 3. The zero-order valence-corrected chi connectivity index (χ0v) is 7.03. The van der Waals surface area contributed by atoms with E-state index in [1.807, 2.05) is 0 Å². The number of carbonyl (C=O) groups is 1. The Morgan fingerprint density at radius 3 is 2.92 bits per heavy atom. The summed E-state index contributed by atoms with van der Waals surface area (Å²) in [5, 5.41) is 8.74. The van der Waals surface area contributed by atoms with Crippen LogP contribution in [0.1, 0.15) is 25.7 Å². The maximum Gasteiger partial charge on any atom is 0.306 e. The van der Waals surface area contributed by atoms with Crippen LogP contribution >= 0.6 is 0 Å². The Morgan fingerprint density at radius 2 is 2.33 bits per heavy atom. The Kier molecular flexibility index (Phi) is 3.14. The van der Waals surface area contributed by atoms with Crippen molar-refractivity contribution in [2.24, 2.45) is 5.92 Å². The minimum Gasteiger partial charge on any atom is -0.499 e. The average Bonchev–Trinajstić information content (AvgIpc) is 2.05. The first-order valence-electron chi connectivity index (χ1n) is 4.23. The van der Waals surface area contributed by atoms with Gasteiger partial charge in [0.25, 0.3) is 0 Å². The van der Waals surface area contributed by atoms with Crippen molar-refractivity contribution >= 4 is 5.97 Å². The van der Waals surface area contributed by atoms with Gasteiger partial charge in [-0.05, 0) is 25.7 Å². The second kappa shape index (κ2) is 4.14. The molecule has 1 aliphatic carbocycles. The molecule has 0 aromatic carbocycles. The highest BCUT2D eigenvalue weighted by Crippen LogP contribution is 2.26. The van der Waals surface area contributed by atoms with Crippen molar-refractivity contribution in [2.75, 3.05) is 0 Å². The summed E-state index contributed by atoms with van der Waals surface area (Å²) in [6.07, 6.45) is 4.77. The lowest BCUT2D eigenvalue weighted by atomic mass is 9.87. The topological polar surface area (TPSA) is 46.5 Å². The van der Waals surface area contributed by atoms with E-state index in [4.69, 9.17) is 9.84 Å². The minimum atomic E-state index is -0.702. The van der Waals surface area contributed by atoms with Crippen molar-refractivity contribution in [1.29, 1.82) is 0 Å². The highest BCUT2D eigenvalue weighted by Gasteiger charge is 2.27. The summed E-state index contributed by atoms with van der Waals surface area (Å²) in [5.41, 5.74) is 0. The lowest BCUT2D eigenvalue weighted by molar-refractivity contribution is -0.144. The molecule has 1 N–H and O–H groups in total. The van der Waals surface area contributed by atoms with Gasteiger partial charge in [-0.15, -0.1) is 0 Å². The highest BCUT2D eigenvalue weighted by atomic mass is 16.5. The molecule has 0 amide bonds. The summed E-state index contributed by atoms with van der Waals surface area (Å²) in [6, 6.07) is 0. The SMILES string of the molecule is C=COC1CCCC(C(=O)O)C1. The van der Waals surface area contributed by atoms with Gasteiger partial charge in [-0.25, -0.2) is 0 Å². The average molecular weight is 170 g/mol. The number of hydrogen-bond donors (Lipinski definition) is 1. The predicted molar refractivity (Wildman–Crippen MR) is 44.7 cm³/mol. The Hall–Kier alpha value is -0.990. The highest BCUT2D eigenvalue weighted by molar-refractivity contribution is 5.70. The van der Waals surface area contributed by atoms with Gasteiger partial charge in [0.2, 0.25) is 0 Å². The van der Waals surface area contributed by atoms with Crippen LogP contribution in [-0.4, -0.2) is 17.2 Å². The predicted octanol–water partition coefficient (Wildman–Crippen LogP) is 1.79. The lowest BCUT2D eigenvalue weighted by Crippen LogP contribution is -2.26. The zero-order valence-electron chi connectivity index (χ0n) is 7.03. The Balaban J connectivity index is 2.39. The molecule has 68 valence electrons. The van der Waals surface area contributed by atoms with Crippen LogP contribution in [0.3, 0.4) is 0 Å². The van der Waals surface area contributed by atoms with E-state index in [0.717, 1.165) is 19.3 Å². The smallest absolute Gasteiger partial charge is 0.306 e. The van der Waals surface area contributed by atoms with Gasteiger partial charge in [0.15, 0.2) is 0 Å². The molecule has 3 nitrogen and oxygen atoms in total. The summed E-state index contributed by atoms with van der Waals surface area (Å²) in [6.45, 7) is 3.46. The Bertz CT molecular complexity index is 177. The first kappa shape index (κ1) is 9.10. The van der Waals surface area contributed by atoms with Crippen molar-refractivity contribution in [3.05, 3.63) is 12.8 Å². The van der Waals surface area contributed by atoms with Gasteiger partial charge in [0, 0.05) is 0 Å². The number of aliphatic carboxylic acids is 1. The van der Waals surface area contributed by atoms with Crippen LogP contribution in [-0.2, 0) is 9.53 Å². The summed E-state index contributed by atoms with van der Waals surface area (Å²) in [5.74, 6) is -0.920. The minimum absolute atomic E-state index is 0.0670. The van der Waals surface area contributed by atoms with Gasteiger partial charge in [-0.3, -0.25) is 4.79 Å². The maximum atomic E-state index is 10.6. The van der Waals surface area contributed by atoms with Crippen LogP contribution in [0, 0.1) is 5.92 Å². The van der Waals surface area contributed by atoms with Gasteiger partial charge in [-0.1, -0.05) is 6.58 Å². The molecule has 0 radical (unpaired) electrons. The van der Waals surface area contributed by atoms with Crippen LogP contribution in [0.15, 0.2) is 12.8 Å². The van der Waals surface area contributed by atoms with E-state index in [2.05, 4.69) is 6.58 Å². The van der Waals surface area contributed by atoms with Crippen molar-refractivity contribution < 1.29 is 14.6 Å². The summed E-state index contributed by atoms with van der Waals surface area (Å²) < 4.78 is 5.16. The van der Waals surface area contributed by atoms with Crippen LogP contribution in [0.4, 0.5) is 0 Å². The molecular formula is C9H14O3. The van der Waals surface area contributed by atoms with E-state index in [1.54, 1.807) is 0 Å². The fourth-order valence-corrected chi connectivity index (χ4v) is 1.63. The summed E-state index contributed by atoms with van der Waals surface area (Å²) in [4.78, 5) is 10.6. The Morgan fingerprint density at radius 1 is 1.58 bits per heavy atom. The first-order chi connectivity index (χ1) is 5.74. The fraction of sp³-hybridized carbons (Fsp3) is 0.667. The van der Waals surface area contributed by atoms with Crippen molar-refractivity contribution in [2.45, 2.75) is 31.8 Å². The molecule has 1 rings (SSSR count). The van der Waals surface area contributed by atoms with Crippen LogP contribution in [0.5, 0.6) is 0 Å². The molecule has 0 saturated heterocycles. The third-order valence-corrected chi connectivity index (χ3v) is 2.26. The molecule has 1 saturated carbocycles. The zero-order chi connectivity index (χ0) is 8.97. The van der Waals surface area contributed by atoms with Gasteiger partial charge in [-0.2, -0.15) is 0 Å². The normalized spacial score (nSPS) is 29.3. The third-order valence-electron chi connectivity index (χ3n) is 2.26. The van der Waals surface area contributed by atoms with E-state index >= 15 is 0 Å². The van der Waals surface area contributed by atoms with Crippen LogP contribution in [0.2, 0.25) is 0 Å². The molecule has 3 heteroatoms. The van der Waals surface area contributed by atoms with Gasteiger partial charge < -0.3 is 9.84 Å². The van der Waals surface area contributed by atoms with E-state index in [-0.39, 0.29) is 12.0 Å². The van der Waals surface area contributed by atoms with Gasteiger partial charge in [0.1, 0.15) is 0 Å². The molecule has 1 fully saturated rings. The van der Waals surface area contributed by atoms with Crippen molar-refractivity contribution in [1.82, 2.24) is 0 Å². The number of ether oxygens (including phenoxy) is 1. The summed E-state index contributed by atoms with van der Waals surface area (Å²) in [7, 11) is 0. The number of carboxylic acid groups (broad SMARTS) is 1. The molecule has 2 unspecified atom stereocenters. The van der Waals surface area contributed by atoms with E-state index < -0.39 is 5.97 Å². The summed E-state index contributed by atoms with van der Waals surface area (Å²) >= 11 is 0. The molecule has 0 aromatic heterocycles. The van der Waals surface area contributed by atoms with E-state index in [0.29, 0.717) is 6.42 Å². The third kappa shape index (κ3) is 2.26. The van der Waals surface area contributed by atoms with Crippen LogP contribution in [0.25, 0.3) is 0 Å². The maximum absolute atomic E-state index is 10.6. The standard InChI is InChI=1S/C9H14O3/c1-2-12-8-5-3-4-7(6-8)9(10)11/h2,7-8H,1,3-6H2,(H,10,11). The Labute approximate surface area is 72.0 Å². The second-order valence-corrected chi connectivity index (χ2v) is 3.13. The molecule has 0 aliphatic heterocycles. The number of carboxylic acids is 1. The van der Waals surface area contributed by atoms with E-state index in [1.165, 1.54) is 6.26 Å². The van der Waals surface area contributed by atoms with Crippen molar-refractivity contribution in [3.8, 4) is 0 Å². The van der Waals surface area contributed by atoms with Gasteiger partial charge in [0.05, 0.1) is 18.3 Å². The van der Waals surface area contributed by atoms with Crippen molar-refractivity contribution in [3.63, 3.8) is 0 Å². The molecule has 0 heterocycles. The second-order valence-electron chi connectivity index (χ2n) is 3.13.